The van der Waals surface area contributed by atoms with E-state index in [1.807, 2.05) is 20.8 Å². The van der Waals surface area contributed by atoms with Gasteiger partial charge in [0, 0.05) is 13.6 Å². The first-order valence-corrected chi connectivity index (χ1v) is 7.09. The molecule has 0 aromatic heterocycles. The van der Waals surface area contributed by atoms with Crippen molar-refractivity contribution >= 4 is 17.9 Å². The van der Waals surface area contributed by atoms with Crippen molar-refractivity contribution in [3.05, 3.63) is 0 Å². The Hall–Kier alpha value is -1.79. The van der Waals surface area contributed by atoms with Crippen LogP contribution in [0.3, 0.4) is 0 Å². The maximum Gasteiger partial charge on any atom is 0.407 e. The van der Waals surface area contributed by atoms with Crippen molar-refractivity contribution in [2.75, 3.05) is 20.7 Å². The number of carbonyl (C=O) groups excluding carboxylic acids is 3. The van der Waals surface area contributed by atoms with Crippen LogP contribution >= 0.6 is 0 Å². The number of amides is 3. The van der Waals surface area contributed by atoms with Gasteiger partial charge < -0.3 is 20.3 Å². The molecule has 7 nitrogen and oxygen atoms in total. The number of hydrogen-bond donors (Lipinski definition) is 2. The number of hydrogen-bond acceptors (Lipinski definition) is 4. The molecule has 0 saturated carbocycles. The van der Waals surface area contributed by atoms with Crippen LogP contribution in [0.15, 0.2) is 0 Å². The summed E-state index contributed by atoms with van der Waals surface area (Å²) in [5.74, 6) is -0.425. The average molecular weight is 299 g/mol. The van der Waals surface area contributed by atoms with Gasteiger partial charge in [0.2, 0.25) is 11.8 Å². The Morgan fingerprint density at radius 1 is 1.29 bits per heavy atom. The third-order valence-electron chi connectivity index (χ3n) is 3.65. The SMILES string of the molecule is CNC(=O)[C@@H]1CCCN1C(=O)C(NC(=O)OC)C(C)(C)C. The van der Waals surface area contributed by atoms with Crippen LogP contribution in [-0.2, 0) is 14.3 Å². The number of alkyl carbamates (subject to hydrolysis) is 1. The molecule has 0 bridgehead atoms. The van der Waals surface area contributed by atoms with Crippen LogP contribution in [0.2, 0.25) is 0 Å². The molecule has 1 rings (SSSR count). The molecule has 2 atom stereocenters. The number of rotatable bonds is 3. The number of methoxy groups -OCH3 is 1. The van der Waals surface area contributed by atoms with Crippen LogP contribution in [0.4, 0.5) is 4.79 Å². The van der Waals surface area contributed by atoms with Gasteiger partial charge in [-0.05, 0) is 18.3 Å². The molecular formula is C14H25N3O4. The molecule has 2 N–H and O–H groups in total. The van der Waals surface area contributed by atoms with E-state index in [2.05, 4.69) is 15.4 Å². The highest BCUT2D eigenvalue weighted by Gasteiger charge is 2.41. The molecule has 0 radical (unpaired) electrons. The topological polar surface area (TPSA) is 87.7 Å². The molecule has 3 amide bonds. The minimum absolute atomic E-state index is 0.174. The van der Waals surface area contributed by atoms with Crippen LogP contribution in [0.1, 0.15) is 33.6 Å². The molecule has 1 aliphatic heterocycles. The fraction of sp³-hybridized carbons (Fsp3) is 0.786. The van der Waals surface area contributed by atoms with Crippen LogP contribution in [-0.4, -0.2) is 55.6 Å². The number of carbonyl (C=O) groups is 3. The molecule has 1 aliphatic rings. The Morgan fingerprint density at radius 3 is 2.38 bits per heavy atom. The molecule has 0 aliphatic carbocycles. The molecule has 1 saturated heterocycles. The summed E-state index contributed by atoms with van der Waals surface area (Å²) in [4.78, 5) is 37.6. The zero-order valence-corrected chi connectivity index (χ0v) is 13.4. The number of likely N-dealkylation sites (tertiary alicyclic amines) is 1. The molecule has 7 heteroatoms. The van der Waals surface area contributed by atoms with Gasteiger partial charge in [-0.15, -0.1) is 0 Å². The minimum atomic E-state index is -0.741. The Labute approximate surface area is 125 Å². The Balaban J connectivity index is 2.94. The van der Waals surface area contributed by atoms with E-state index in [0.29, 0.717) is 13.0 Å². The van der Waals surface area contributed by atoms with E-state index in [9.17, 15) is 14.4 Å². The smallest absolute Gasteiger partial charge is 0.407 e. The summed E-state index contributed by atoms with van der Waals surface area (Å²) in [5, 5.41) is 5.15. The zero-order chi connectivity index (χ0) is 16.2. The van der Waals surface area contributed by atoms with Crippen molar-refractivity contribution in [2.45, 2.75) is 45.7 Å². The van der Waals surface area contributed by atoms with Gasteiger partial charge in [-0.2, -0.15) is 0 Å². The molecule has 0 aromatic rings. The van der Waals surface area contributed by atoms with E-state index in [-0.39, 0.29) is 11.8 Å². The lowest BCUT2D eigenvalue weighted by atomic mass is 9.85. The monoisotopic (exact) mass is 299 g/mol. The standard InChI is InChI=1S/C14H25N3O4/c1-14(2,3)10(16-13(20)21-5)12(19)17-8-6-7-9(17)11(18)15-4/h9-10H,6-8H2,1-5H3,(H,15,18)(H,16,20)/t9-,10?/m0/s1. The minimum Gasteiger partial charge on any atom is -0.453 e. The second-order valence-corrected chi connectivity index (χ2v) is 6.24. The van der Waals surface area contributed by atoms with Crippen molar-refractivity contribution in [2.24, 2.45) is 5.41 Å². The molecule has 1 heterocycles. The Bertz CT molecular complexity index is 417. The molecule has 0 aromatic carbocycles. The van der Waals surface area contributed by atoms with Gasteiger partial charge in [0.25, 0.3) is 0 Å². The average Bonchev–Trinajstić information content (AvgIpc) is 2.90. The van der Waals surface area contributed by atoms with Gasteiger partial charge in [0.15, 0.2) is 0 Å². The maximum atomic E-state index is 12.8. The lowest BCUT2D eigenvalue weighted by molar-refractivity contribution is -0.141. The van der Waals surface area contributed by atoms with Crippen molar-refractivity contribution in [3.8, 4) is 0 Å². The maximum absolute atomic E-state index is 12.8. The molecule has 1 fully saturated rings. The van der Waals surface area contributed by atoms with Gasteiger partial charge in [-0.25, -0.2) is 4.79 Å². The summed E-state index contributed by atoms with van der Waals surface area (Å²) in [6.07, 6.45) is 0.762. The van der Waals surface area contributed by atoms with E-state index < -0.39 is 23.6 Å². The van der Waals surface area contributed by atoms with Gasteiger partial charge in [-0.1, -0.05) is 20.8 Å². The van der Waals surface area contributed by atoms with Crippen molar-refractivity contribution in [3.63, 3.8) is 0 Å². The van der Waals surface area contributed by atoms with Crippen LogP contribution in [0, 0.1) is 5.41 Å². The first-order valence-electron chi connectivity index (χ1n) is 7.09. The van der Waals surface area contributed by atoms with E-state index in [1.54, 1.807) is 11.9 Å². The van der Waals surface area contributed by atoms with Crippen molar-refractivity contribution in [1.82, 2.24) is 15.5 Å². The molecule has 120 valence electrons. The first kappa shape index (κ1) is 17.3. The first-order chi connectivity index (χ1) is 9.72. The molecule has 21 heavy (non-hydrogen) atoms. The van der Waals surface area contributed by atoms with Gasteiger partial charge in [-0.3, -0.25) is 9.59 Å². The number of ether oxygens (including phenoxy) is 1. The largest absolute Gasteiger partial charge is 0.453 e. The van der Waals surface area contributed by atoms with Crippen molar-refractivity contribution < 1.29 is 19.1 Å². The number of likely N-dealkylation sites (N-methyl/N-ethyl adjacent to an activating group) is 1. The van der Waals surface area contributed by atoms with Crippen molar-refractivity contribution in [1.29, 1.82) is 0 Å². The highest BCUT2D eigenvalue weighted by molar-refractivity contribution is 5.92. The number of nitrogens with zero attached hydrogens (tertiary/aromatic N) is 1. The number of nitrogens with one attached hydrogen (secondary N) is 2. The lowest BCUT2D eigenvalue weighted by Gasteiger charge is -2.34. The van der Waals surface area contributed by atoms with E-state index >= 15 is 0 Å². The van der Waals surface area contributed by atoms with Crippen LogP contribution in [0.5, 0.6) is 0 Å². The summed E-state index contributed by atoms with van der Waals surface area (Å²) in [6.45, 7) is 6.09. The van der Waals surface area contributed by atoms with Gasteiger partial charge in [0.1, 0.15) is 12.1 Å². The highest BCUT2D eigenvalue weighted by atomic mass is 16.5. The van der Waals surface area contributed by atoms with Crippen LogP contribution in [0.25, 0.3) is 0 Å². The van der Waals surface area contributed by atoms with E-state index in [0.717, 1.165) is 6.42 Å². The van der Waals surface area contributed by atoms with E-state index in [1.165, 1.54) is 7.11 Å². The van der Waals surface area contributed by atoms with Crippen LogP contribution < -0.4 is 10.6 Å². The highest BCUT2D eigenvalue weighted by Crippen LogP contribution is 2.25. The third kappa shape index (κ3) is 4.09. The summed E-state index contributed by atoms with van der Waals surface area (Å²) in [6, 6.07) is -1.21. The summed E-state index contributed by atoms with van der Waals surface area (Å²) >= 11 is 0. The molecule has 0 spiro atoms. The fourth-order valence-electron chi connectivity index (χ4n) is 2.46. The Kier molecular flexibility index (Phi) is 5.57. The summed E-state index contributed by atoms with van der Waals surface area (Å²) < 4.78 is 4.58. The normalized spacial score (nSPS) is 19.9. The third-order valence-corrected chi connectivity index (χ3v) is 3.65. The molecule has 1 unspecified atom stereocenters. The zero-order valence-electron chi connectivity index (χ0n) is 13.4. The summed E-state index contributed by atoms with van der Waals surface area (Å²) in [7, 11) is 2.81. The molecular weight excluding hydrogens is 274 g/mol. The predicted octanol–water partition coefficient (Wildman–Crippen LogP) is 0.494. The predicted molar refractivity (Wildman–Crippen MR) is 77.6 cm³/mol. The Morgan fingerprint density at radius 2 is 1.90 bits per heavy atom. The summed E-state index contributed by atoms with van der Waals surface area (Å²) in [5.41, 5.74) is -0.485. The van der Waals surface area contributed by atoms with Gasteiger partial charge >= 0.3 is 6.09 Å². The lowest BCUT2D eigenvalue weighted by Crippen LogP contribution is -2.57. The fourth-order valence-corrected chi connectivity index (χ4v) is 2.46. The quantitative estimate of drug-likeness (QED) is 0.794. The van der Waals surface area contributed by atoms with E-state index in [4.69, 9.17) is 0 Å². The second kappa shape index (κ2) is 6.78. The van der Waals surface area contributed by atoms with Gasteiger partial charge in [0.05, 0.1) is 7.11 Å². The second-order valence-electron chi connectivity index (χ2n) is 6.24.